The average Bonchev–Trinajstić information content (AvgIpc) is 3.37. The summed E-state index contributed by atoms with van der Waals surface area (Å²) in [6, 6.07) is 6.72. The molecule has 0 atom stereocenters. The predicted octanol–water partition coefficient (Wildman–Crippen LogP) is 1.45. The van der Waals surface area contributed by atoms with Crippen LogP contribution >= 0.6 is 0 Å². The Morgan fingerprint density at radius 2 is 2.07 bits per heavy atom. The van der Waals surface area contributed by atoms with Gasteiger partial charge in [0.25, 0.3) is 5.91 Å². The van der Waals surface area contributed by atoms with Crippen LogP contribution in [0, 0.1) is 0 Å². The Labute approximate surface area is 153 Å². The Morgan fingerprint density at radius 3 is 2.78 bits per heavy atom. The van der Waals surface area contributed by atoms with Crippen molar-refractivity contribution in [3.8, 4) is 22.9 Å². The Hall–Kier alpha value is -3.82. The maximum absolute atomic E-state index is 12.0. The lowest BCUT2D eigenvalue weighted by Gasteiger charge is -2.07. The summed E-state index contributed by atoms with van der Waals surface area (Å²) in [5, 5.41) is 11.6. The summed E-state index contributed by atoms with van der Waals surface area (Å²) in [5.41, 5.74) is 0.981. The molecule has 0 fully saturated rings. The summed E-state index contributed by atoms with van der Waals surface area (Å²) < 4.78 is 15.3. The van der Waals surface area contributed by atoms with Gasteiger partial charge < -0.3 is 19.2 Å². The lowest BCUT2D eigenvalue weighted by molar-refractivity contribution is -0.115. The third-order valence-electron chi connectivity index (χ3n) is 3.59. The topological polar surface area (TPSA) is 131 Å². The van der Waals surface area contributed by atoms with Crippen molar-refractivity contribution in [3.63, 3.8) is 0 Å². The number of hydrogen-bond acceptors (Lipinski definition) is 7. The predicted molar refractivity (Wildman–Crippen MR) is 94.6 cm³/mol. The zero-order chi connectivity index (χ0) is 19.2. The van der Waals surface area contributed by atoms with Gasteiger partial charge in [0.05, 0.1) is 38.2 Å². The molecule has 2 aromatic heterocycles. The molecule has 0 bridgehead atoms. The van der Waals surface area contributed by atoms with Gasteiger partial charge in [0.1, 0.15) is 17.8 Å². The highest BCUT2D eigenvalue weighted by molar-refractivity contribution is 5.98. The van der Waals surface area contributed by atoms with E-state index in [0.29, 0.717) is 28.5 Å². The highest BCUT2D eigenvalue weighted by atomic mass is 16.5. The molecule has 3 N–H and O–H groups in total. The van der Waals surface area contributed by atoms with Crippen LogP contribution in [-0.2, 0) is 4.79 Å². The van der Waals surface area contributed by atoms with Crippen LogP contribution < -0.4 is 20.1 Å². The minimum absolute atomic E-state index is 0.0745. The maximum atomic E-state index is 12.0. The molecular formula is C17H17N5O5. The number of carbonyl (C=O) groups is 2. The summed E-state index contributed by atoms with van der Waals surface area (Å²) >= 11 is 0. The zero-order valence-electron chi connectivity index (χ0n) is 14.6. The van der Waals surface area contributed by atoms with Gasteiger partial charge in [0.15, 0.2) is 5.82 Å². The summed E-state index contributed by atoms with van der Waals surface area (Å²) in [6.45, 7) is -0.236. The molecule has 0 unspecified atom stereocenters. The third kappa shape index (κ3) is 4.24. The van der Waals surface area contributed by atoms with E-state index in [9.17, 15) is 9.59 Å². The fraction of sp³-hybridized carbons (Fsp3) is 0.176. The molecule has 3 aromatic rings. The molecule has 0 radical (unpaired) electrons. The molecule has 3 rings (SSSR count). The monoisotopic (exact) mass is 371 g/mol. The van der Waals surface area contributed by atoms with Crippen molar-refractivity contribution in [1.29, 1.82) is 0 Å². The number of H-pyrrole nitrogens is 1. The van der Waals surface area contributed by atoms with Gasteiger partial charge in [-0.2, -0.15) is 4.98 Å². The van der Waals surface area contributed by atoms with Crippen LogP contribution in [0.25, 0.3) is 11.4 Å². The van der Waals surface area contributed by atoms with Crippen molar-refractivity contribution in [3.05, 3.63) is 42.4 Å². The molecule has 0 aliphatic rings. The van der Waals surface area contributed by atoms with E-state index in [0.717, 1.165) is 0 Å². The molecule has 140 valence electrons. The van der Waals surface area contributed by atoms with Crippen molar-refractivity contribution in [2.75, 3.05) is 26.1 Å². The van der Waals surface area contributed by atoms with Gasteiger partial charge in [-0.15, -0.1) is 5.10 Å². The first-order valence-electron chi connectivity index (χ1n) is 7.85. The lowest BCUT2D eigenvalue weighted by Crippen LogP contribution is -2.32. The van der Waals surface area contributed by atoms with Crippen LogP contribution in [0.2, 0.25) is 0 Å². The Balaban J connectivity index is 1.62. The number of benzene rings is 1. The van der Waals surface area contributed by atoms with Gasteiger partial charge in [-0.05, 0) is 18.2 Å². The fourth-order valence-electron chi connectivity index (χ4n) is 2.26. The second-order valence-electron chi connectivity index (χ2n) is 5.32. The average molecular weight is 371 g/mol. The molecule has 2 heterocycles. The smallest absolute Gasteiger partial charge is 0.254 e. The van der Waals surface area contributed by atoms with Crippen LogP contribution in [0.1, 0.15) is 10.4 Å². The van der Waals surface area contributed by atoms with Crippen molar-refractivity contribution < 1.29 is 23.5 Å². The highest BCUT2D eigenvalue weighted by Gasteiger charge is 2.14. The number of carbonyl (C=O) groups excluding carboxylic acids is 2. The standard InChI is InChI=1S/C17H17N5O5/c1-25-11-3-4-12(13(7-11)26-2)15-20-17(22-21-15)19-14(23)8-18-16(24)10-5-6-27-9-10/h3-7,9H,8H2,1-2H3,(H,18,24)(H2,19,20,21,22,23). The molecule has 0 aliphatic heterocycles. The van der Waals surface area contributed by atoms with E-state index >= 15 is 0 Å². The fourth-order valence-corrected chi connectivity index (χ4v) is 2.26. The number of aromatic amines is 1. The van der Waals surface area contributed by atoms with Gasteiger partial charge in [-0.1, -0.05) is 0 Å². The van der Waals surface area contributed by atoms with Crippen LogP contribution in [0.3, 0.4) is 0 Å². The van der Waals surface area contributed by atoms with Crippen LogP contribution in [0.5, 0.6) is 11.5 Å². The van der Waals surface area contributed by atoms with Crippen molar-refractivity contribution in [2.24, 2.45) is 0 Å². The number of anilines is 1. The van der Waals surface area contributed by atoms with Crippen molar-refractivity contribution in [1.82, 2.24) is 20.5 Å². The van der Waals surface area contributed by atoms with E-state index in [1.807, 2.05) is 0 Å². The van der Waals surface area contributed by atoms with Gasteiger partial charge in [-0.25, -0.2) is 0 Å². The Bertz CT molecular complexity index is 935. The number of amides is 2. The van der Waals surface area contributed by atoms with E-state index in [4.69, 9.17) is 13.9 Å². The van der Waals surface area contributed by atoms with Gasteiger partial charge in [0.2, 0.25) is 11.9 Å². The molecule has 27 heavy (non-hydrogen) atoms. The van der Waals surface area contributed by atoms with Crippen LogP contribution in [0.4, 0.5) is 5.95 Å². The van der Waals surface area contributed by atoms with Crippen LogP contribution in [0.15, 0.2) is 41.2 Å². The zero-order valence-corrected chi connectivity index (χ0v) is 14.6. The second-order valence-corrected chi connectivity index (χ2v) is 5.32. The third-order valence-corrected chi connectivity index (χ3v) is 3.59. The van der Waals surface area contributed by atoms with Crippen LogP contribution in [-0.4, -0.2) is 47.8 Å². The molecule has 10 heteroatoms. The highest BCUT2D eigenvalue weighted by Crippen LogP contribution is 2.31. The number of nitrogens with one attached hydrogen (secondary N) is 3. The molecular weight excluding hydrogens is 354 g/mol. The lowest BCUT2D eigenvalue weighted by atomic mass is 10.2. The molecule has 10 nitrogen and oxygen atoms in total. The molecule has 2 amide bonds. The number of methoxy groups -OCH3 is 2. The first kappa shape index (κ1) is 18.0. The van der Waals surface area contributed by atoms with E-state index in [2.05, 4.69) is 25.8 Å². The number of nitrogens with zero attached hydrogens (tertiary/aromatic N) is 2. The Morgan fingerprint density at radius 1 is 1.22 bits per heavy atom. The SMILES string of the molecule is COc1ccc(-c2nc(NC(=O)CNC(=O)c3ccoc3)n[nH]2)c(OC)c1. The van der Waals surface area contributed by atoms with Crippen molar-refractivity contribution >= 4 is 17.8 Å². The van der Waals surface area contributed by atoms with Crippen molar-refractivity contribution in [2.45, 2.75) is 0 Å². The number of hydrogen-bond donors (Lipinski definition) is 3. The molecule has 0 spiro atoms. The summed E-state index contributed by atoms with van der Waals surface area (Å²) in [4.78, 5) is 27.9. The van der Waals surface area contributed by atoms with Gasteiger partial charge >= 0.3 is 0 Å². The first-order chi connectivity index (χ1) is 13.1. The number of rotatable bonds is 7. The summed E-state index contributed by atoms with van der Waals surface area (Å²) in [5.74, 6) is 0.766. The van der Waals surface area contributed by atoms with Gasteiger partial charge in [0, 0.05) is 6.07 Å². The molecule has 0 saturated heterocycles. The molecule has 1 aromatic carbocycles. The Kier molecular flexibility index (Phi) is 5.36. The van der Waals surface area contributed by atoms with E-state index in [-0.39, 0.29) is 12.5 Å². The maximum Gasteiger partial charge on any atom is 0.254 e. The minimum atomic E-state index is -0.473. The summed E-state index contributed by atoms with van der Waals surface area (Å²) in [7, 11) is 3.09. The minimum Gasteiger partial charge on any atom is -0.497 e. The number of ether oxygens (including phenoxy) is 2. The number of aromatic nitrogens is 3. The van der Waals surface area contributed by atoms with E-state index in [1.165, 1.54) is 25.7 Å². The first-order valence-corrected chi connectivity index (χ1v) is 7.85. The van der Waals surface area contributed by atoms with E-state index in [1.54, 1.807) is 25.3 Å². The number of furan rings is 1. The van der Waals surface area contributed by atoms with E-state index < -0.39 is 11.8 Å². The normalized spacial score (nSPS) is 10.3. The largest absolute Gasteiger partial charge is 0.497 e. The summed E-state index contributed by atoms with van der Waals surface area (Å²) in [6.07, 6.45) is 2.66. The quantitative estimate of drug-likeness (QED) is 0.573. The molecule has 0 aliphatic carbocycles. The molecule has 0 saturated carbocycles. The van der Waals surface area contributed by atoms with Gasteiger partial charge in [-0.3, -0.25) is 20.0 Å². The second kappa shape index (κ2) is 8.04.